The first kappa shape index (κ1) is 11.7. The highest BCUT2D eigenvalue weighted by atomic mass is 16.1. The Hall–Kier alpha value is -0.330. The van der Waals surface area contributed by atoms with Gasteiger partial charge < -0.3 is 0 Å². The van der Waals surface area contributed by atoms with Gasteiger partial charge in [0.25, 0.3) is 0 Å². The molecule has 0 bridgehead atoms. The maximum Gasteiger partial charge on any atom is 0.139 e. The van der Waals surface area contributed by atoms with Gasteiger partial charge in [0.2, 0.25) is 0 Å². The zero-order valence-corrected chi connectivity index (χ0v) is 11.4. The summed E-state index contributed by atoms with van der Waals surface area (Å²) in [5.74, 6) is 2.34. The van der Waals surface area contributed by atoms with Crippen molar-refractivity contribution in [3.8, 4) is 0 Å². The van der Waals surface area contributed by atoms with Crippen LogP contribution in [-0.2, 0) is 4.79 Å². The molecule has 4 unspecified atom stereocenters. The number of rotatable bonds is 0. The van der Waals surface area contributed by atoms with E-state index in [9.17, 15) is 4.79 Å². The van der Waals surface area contributed by atoms with Crippen molar-refractivity contribution in [2.75, 3.05) is 0 Å². The van der Waals surface area contributed by atoms with Crippen molar-refractivity contribution in [3.05, 3.63) is 0 Å². The number of carbonyl (C=O) groups excluding carboxylic acids is 1. The molecule has 0 aromatic carbocycles. The first-order valence-corrected chi connectivity index (χ1v) is 7.62. The molecule has 0 heterocycles. The van der Waals surface area contributed by atoms with Crippen LogP contribution in [0.5, 0.6) is 0 Å². The van der Waals surface area contributed by atoms with E-state index in [4.69, 9.17) is 0 Å². The largest absolute Gasteiger partial charge is 0.299 e. The third-order valence-electron chi connectivity index (χ3n) is 6.61. The van der Waals surface area contributed by atoms with Crippen LogP contribution in [-0.4, -0.2) is 5.78 Å². The maximum absolute atomic E-state index is 12.4. The highest BCUT2D eigenvalue weighted by Crippen LogP contribution is 2.65. The molecule has 1 spiro atoms. The van der Waals surface area contributed by atoms with Crippen LogP contribution in [0.3, 0.4) is 0 Å². The average molecular weight is 234 g/mol. The van der Waals surface area contributed by atoms with Crippen LogP contribution in [0.15, 0.2) is 0 Å². The van der Waals surface area contributed by atoms with Crippen LogP contribution in [0.4, 0.5) is 0 Å². The van der Waals surface area contributed by atoms with Crippen LogP contribution >= 0.6 is 0 Å². The molecule has 96 valence electrons. The van der Waals surface area contributed by atoms with Crippen molar-refractivity contribution in [2.24, 2.45) is 22.7 Å². The third-order valence-corrected chi connectivity index (χ3v) is 6.61. The summed E-state index contributed by atoms with van der Waals surface area (Å²) < 4.78 is 0. The Morgan fingerprint density at radius 3 is 2.71 bits per heavy atom. The molecule has 0 radical (unpaired) electrons. The van der Waals surface area contributed by atoms with E-state index >= 15 is 0 Å². The Bertz CT molecular complexity index is 334. The molecule has 1 nitrogen and oxygen atoms in total. The van der Waals surface area contributed by atoms with E-state index in [0.717, 1.165) is 18.3 Å². The van der Waals surface area contributed by atoms with Crippen molar-refractivity contribution >= 4 is 5.78 Å². The van der Waals surface area contributed by atoms with E-state index in [1.165, 1.54) is 51.4 Å². The molecule has 3 aliphatic rings. The van der Waals surface area contributed by atoms with Crippen LogP contribution in [0, 0.1) is 22.7 Å². The second kappa shape index (κ2) is 3.83. The highest BCUT2D eigenvalue weighted by Gasteiger charge is 2.61. The average Bonchev–Trinajstić information content (AvgIpc) is 2.47. The number of Topliss-reactive ketones (excluding diaryl/α,β-unsaturated/α-hetero) is 1. The fourth-order valence-corrected chi connectivity index (χ4v) is 5.35. The molecule has 0 saturated heterocycles. The predicted octanol–water partition coefficient (Wildman–Crippen LogP) is 4.35. The number of hydrogen-bond acceptors (Lipinski definition) is 1. The van der Waals surface area contributed by atoms with Gasteiger partial charge in [-0.2, -0.15) is 0 Å². The smallest absolute Gasteiger partial charge is 0.139 e. The van der Waals surface area contributed by atoms with E-state index in [2.05, 4.69) is 13.8 Å². The molecule has 17 heavy (non-hydrogen) atoms. The van der Waals surface area contributed by atoms with E-state index in [-0.39, 0.29) is 5.41 Å². The molecule has 1 heteroatoms. The Morgan fingerprint density at radius 1 is 1.06 bits per heavy atom. The van der Waals surface area contributed by atoms with E-state index < -0.39 is 0 Å². The molecule has 3 rings (SSSR count). The van der Waals surface area contributed by atoms with Gasteiger partial charge in [0.15, 0.2) is 0 Å². The summed E-state index contributed by atoms with van der Waals surface area (Å²) >= 11 is 0. The highest BCUT2D eigenvalue weighted by molar-refractivity contribution is 5.88. The van der Waals surface area contributed by atoms with Gasteiger partial charge in [0.05, 0.1) is 0 Å². The van der Waals surface area contributed by atoms with Crippen molar-refractivity contribution in [3.63, 3.8) is 0 Å². The topological polar surface area (TPSA) is 17.1 Å². The second-order valence-corrected chi connectivity index (χ2v) is 7.22. The van der Waals surface area contributed by atoms with Crippen LogP contribution in [0.1, 0.15) is 71.6 Å². The fourth-order valence-electron chi connectivity index (χ4n) is 5.35. The lowest BCUT2D eigenvalue weighted by atomic mass is 9.52. The molecular formula is C16H26O. The van der Waals surface area contributed by atoms with Gasteiger partial charge in [-0.3, -0.25) is 4.79 Å². The minimum absolute atomic E-state index is 0.0555. The van der Waals surface area contributed by atoms with Crippen molar-refractivity contribution < 1.29 is 4.79 Å². The summed E-state index contributed by atoms with van der Waals surface area (Å²) in [5.41, 5.74) is 0.465. The number of hydrogen-bond donors (Lipinski definition) is 0. The molecule has 3 fully saturated rings. The Balaban J connectivity index is 1.99. The molecule has 3 aliphatic carbocycles. The van der Waals surface area contributed by atoms with Crippen molar-refractivity contribution in [1.29, 1.82) is 0 Å². The normalized spacial score (nSPS) is 50.6. The van der Waals surface area contributed by atoms with Crippen molar-refractivity contribution in [2.45, 2.75) is 71.6 Å². The van der Waals surface area contributed by atoms with Gasteiger partial charge >= 0.3 is 0 Å². The lowest BCUT2D eigenvalue weighted by Crippen LogP contribution is -2.47. The summed E-state index contributed by atoms with van der Waals surface area (Å²) in [6, 6.07) is 0. The van der Waals surface area contributed by atoms with Crippen LogP contribution in [0.25, 0.3) is 0 Å². The van der Waals surface area contributed by atoms with Gasteiger partial charge in [0.1, 0.15) is 5.78 Å². The van der Waals surface area contributed by atoms with Gasteiger partial charge in [0, 0.05) is 11.8 Å². The summed E-state index contributed by atoms with van der Waals surface area (Å²) in [5, 5.41) is 0. The van der Waals surface area contributed by atoms with Crippen molar-refractivity contribution in [1.82, 2.24) is 0 Å². The van der Waals surface area contributed by atoms with Gasteiger partial charge in [-0.05, 0) is 49.4 Å². The Labute approximate surface area is 105 Å². The first-order valence-electron chi connectivity index (χ1n) is 7.62. The summed E-state index contributed by atoms with van der Waals surface area (Å²) in [6.07, 6.45) is 11.4. The fraction of sp³-hybridized carbons (Fsp3) is 0.938. The molecule has 4 atom stereocenters. The first-order chi connectivity index (χ1) is 8.08. The summed E-state index contributed by atoms with van der Waals surface area (Å²) in [7, 11) is 0. The molecule has 0 aliphatic heterocycles. The molecule has 0 aromatic heterocycles. The summed E-state index contributed by atoms with van der Waals surface area (Å²) in [4.78, 5) is 12.4. The van der Waals surface area contributed by atoms with Gasteiger partial charge in [-0.1, -0.05) is 33.1 Å². The van der Waals surface area contributed by atoms with Gasteiger partial charge in [-0.25, -0.2) is 0 Å². The van der Waals surface area contributed by atoms with E-state index in [0.29, 0.717) is 11.2 Å². The predicted molar refractivity (Wildman–Crippen MR) is 69.8 cm³/mol. The number of ketones is 1. The lowest BCUT2D eigenvalue weighted by molar-refractivity contribution is -0.135. The minimum Gasteiger partial charge on any atom is -0.299 e. The Kier molecular flexibility index (Phi) is 2.65. The second-order valence-electron chi connectivity index (χ2n) is 7.22. The van der Waals surface area contributed by atoms with E-state index in [1.54, 1.807) is 0 Å². The third kappa shape index (κ3) is 1.47. The molecule has 0 aromatic rings. The quantitative estimate of drug-likeness (QED) is 0.609. The summed E-state index contributed by atoms with van der Waals surface area (Å²) in [6.45, 7) is 4.71. The number of carbonyl (C=O) groups is 1. The molecule has 0 N–H and O–H groups in total. The molecule has 3 saturated carbocycles. The van der Waals surface area contributed by atoms with Crippen LogP contribution in [0.2, 0.25) is 0 Å². The zero-order chi connectivity index (χ0) is 12.1. The van der Waals surface area contributed by atoms with E-state index in [1.807, 2.05) is 0 Å². The van der Waals surface area contributed by atoms with Gasteiger partial charge in [-0.15, -0.1) is 0 Å². The Morgan fingerprint density at radius 2 is 1.88 bits per heavy atom. The minimum atomic E-state index is 0.0555. The standard InChI is InChI=1S/C16H26O/c1-12-5-6-13-4-3-9-15(2)14(17)8-11-16(13,15)10-7-12/h12-13H,3-11H2,1-2H3. The monoisotopic (exact) mass is 234 g/mol. The SMILES string of the molecule is CC1CCC2CCCC3(C)C(=O)CCC23CC1. The molecule has 0 amide bonds. The maximum atomic E-state index is 12.4. The zero-order valence-electron chi connectivity index (χ0n) is 11.4. The lowest BCUT2D eigenvalue weighted by Gasteiger charge is -2.51. The van der Waals surface area contributed by atoms with Crippen LogP contribution < -0.4 is 0 Å². The molecular weight excluding hydrogens is 208 g/mol.